The monoisotopic (exact) mass is 451 g/mol. The molecule has 32 heavy (non-hydrogen) atoms. The normalized spacial score (nSPS) is 13.9. The molecule has 0 bridgehead atoms. The SMILES string of the molecule is Cc1ccc(C)c(-n2ccnc2SCC(=O)N2CCN(c3ccc([N+](=O)[O-])cc3)CC2)c1. The van der Waals surface area contributed by atoms with Crippen LogP contribution in [0.15, 0.2) is 60.0 Å². The van der Waals surface area contributed by atoms with Gasteiger partial charge in [-0.05, 0) is 43.2 Å². The molecular weight excluding hydrogens is 426 g/mol. The van der Waals surface area contributed by atoms with Crippen LogP contribution in [0.1, 0.15) is 11.1 Å². The lowest BCUT2D eigenvalue weighted by molar-refractivity contribution is -0.384. The van der Waals surface area contributed by atoms with Crippen LogP contribution in [0, 0.1) is 24.0 Å². The van der Waals surface area contributed by atoms with E-state index in [1.54, 1.807) is 18.3 Å². The van der Waals surface area contributed by atoms with E-state index in [0.29, 0.717) is 31.9 Å². The maximum Gasteiger partial charge on any atom is 0.269 e. The van der Waals surface area contributed by atoms with Crippen molar-refractivity contribution in [2.24, 2.45) is 0 Å². The van der Waals surface area contributed by atoms with Crippen molar-refractivity contribution >= 4 is 29.0 Å². The highest BCUT2D eigenvalue weighted by atomic mass is 32.2. The summed E-state index contributed by atoms with van der Waals surface area (Å²) in [4.78, 5) is 31.7. The Kier molecular flexibility index (Phi) is 6.45. The third-order valence-electron chi connectivity index (χ3n) is 5.61. The molecule has 1 aromatic heterocycles. The minimum absolute atomic E-state index is 0.0822. The zero-order valence-corrected chi connectivity index (χ0v) is 18.9. The van der Waals surface area contributed by atoms with Crippen molar-refractivity contribution in [3.8, 4) is 5.69 Å². The quantitative estimate of drug-likeness (QED) is 0.322. The van der Waals surface area contributed by atoms with Crippen LogP contribution < -0.4 is 4.90 Å². The molecule has 0 unspecified atom stereocenters. The van der Waals surface area contributed by atoms with E-state index in [4.69, 9.17) is 0 Å². The molecule has 1 amide bonds. The van der Waals surface area contributed by atoms with Crippen molar-refractivity contribution in [1.82, 2.24) is 14.5 Å². The minimum atomic E-state index is -0.399. The molecule has 0 saturated carbocycles. The fourth-order valence-corrected chi connectivity index (χ4v) is 4.64. The predicted molar refractivity (Wildman–Crippen MR) is 126 cm³/mol. The first-order valence-electron chi connectivity index (χ1n) is 10.4. The van der Waals surface area contributed by atoms with Crippen LogP contribution in [0.2, 0.25) is 0 Å². The van der Waals surface area contributed by atoms with Crippen LogP contribution in [0.3, 0.4) is 0 Å². The van der Waals surface area contributed by atoms with E-state index in [9.17, 15) is 14.9 Å². The van der Waals surface area contributed by atoms with Crippen LogP contribution in [0.5, 0.6) is 0 Å². The van der Waals surface area contributed by atoms with Crippen LogP contribution >= 0.6 is 11.8 Å². The maximum atomic E-state index is 12.8. The van der Waals surface area contributed by atoms with E-state index in [2.05, 4.69) is 41.9 Å². The van der Waals surface area contributed by atoms with Crippen LogP contribution in [0.4, 0.5) is 11.4 Å². The number of nitrogens with zero attached hydrogens (tertiary/aromatic N) is 5. The zero-order valence-electron chi connectivity index (χ0n) is 18.1. The topological polar surface area (TPSA) is 84.5 Å². The molecule has 0 aliphatic carbocycles. The molecular formula is C23H25N5O3S. The number of imidazole rings is 1. The smallest absolute Gasteiger partial charge is 0.269 e. The average molecular weight is 452 g/mol. The Balaban J connectivity index is 1.33. The molecule has 1 aliphatic rings. The largest absolute Gasteiger partial charge is 0.368 e. The number of amides is 1. The molecule has 1 fully saturated rings. The van der Waals surface area contributed by atoms with Crippen molar-refractivity contribution < 1.29 is 9.72 Å². The number of piperazine rings is 1. The number of rotatable bonds is 6. The van der Waals surface area contributed by atoms with Gasteiger partial charge in [-0.3, -0.25) is 19.5 Å². The van der Waals surface area contributed by atoms with Crippen molar-refractivity contribution in [3.63, 3.8) is 0 Å². The van der Waals surface area contributed by atoms with E-state index in [-0.39, 0.29) is 11.6 Å². The fourth-order valence-electron chi connectivity index (χ4n) is 3.78. The summed E-state index contributed by atoms with van der Waals surface area (Å²) < 4.78 is 2.03. The molecule has 1 saturated heterocycles. The number of thioether (sulfide) groups is 1. The summed E-state index contributed by atoms with van der Waals surface area (Å²) in [6.45, 7) is 6.78. The summed E-state index contributed by atoms with van der Waals surface area (Å²) in [5.74, 6) is 0.424. The fraction of sp³-hybridized carbons (Fsp3) is 0.304. The molecule has 3 aromatic rings. The highest BCUT2D eigenvalue weighted by Gasteiger charge is 2.22. The maximum absolute atomic E-state index is 12.8. The number of hydrogen-bond acceptors (Lipinski definition) is 6. The molecule has 1 aliphatic heterocycles. The molecule has 0 atom stereocenters. The van der Waals surface area contributed by atoms with Gasteiger partial charge in [-0.1, -0.05) is 23.9 Å². The van der Waals surface area contributed by atoms with E-state index in [1.807, 2.05) is 15.7 Å². The Bertz CT molecular complexity index is 1120. The van der Waals surface area contributed by atoms with E-state index >= 15 is 0 Å². The van der Waals surface area contributed by atoms with E-state index in [1.165, 1.54) is 29.5 Å². The van der Waals surface area contributed by atoms with Gasteiger partial charge in [0.2, 0.25) is 5.91 Å². The second-order valence-corrected chi connectivity index (χ2v) is 8.74. The number of anilines is 1. The van der Waals surface area contributed by atoms with Gasteiger partial charge in [0.1, 0.15) is 0 Å². The van der Waals surface area contributed by atoms with Gasteiger partial charge in [0, 0.05) is 56.4 Å². The van der Waals surface area contributed by atoms with Crippen molar-refractivity contribution in [3.05, 3.63) is 76.1 Å². The lowest BCUT2D eigenvalue weighted by atomic mass is 10.1. The van der Waals surface area contributed by atoms with Crippen LogP contribution in [-0.2, 0) is 4.79 Å². The first kappa shape index (κ1) is 21.9. The highest BCUT2D eigenvalue weighted by Crippen LogP contribution is 2.25. The number of benzene rings is 2. The first-order chi connectivity index (χ1) is 15.4. The Labute approximate surface area is 191 Å². The average Bonchev–Trinajstić information content (AvgIpc) is 3.27. The van der Waals surface area contributed by atoms with Gasteiger partial charge < -0.3 is 9.80 Å². The van der Waals surface area contributed by atoms with E-state index < -0.39 is 4.92 Å². The number of nitro benzene ring substituents is 1. The lowest BCUT2D eigenvalue weighted by Gasteiger charge is -2.36. The molecule has 0 radical (unpaired) electrons. The van der Waals surface area contributed by atoms with Gasteiger partial charge in [-0.25, -0.2) is 4.98 Å². The van der Waals surface area contributed by atoms with Crippen molar-refractivity contribution in [2.75, 3.05) is 36.8 Å². The summed E-state index contributed by atoms with van der Waals surface area (Å²) in [7, 11) is 0. The number of hydrogen-bond donors (Lipinski definition) is 0. The predicted octanol–water partition coefficient (Wildman–Crippen LogP) is 3.84. The molecule has 2 heterocycles. The lowest BCUT2D eigenvalue weighted by Crippen LogP contribution is -2.49. The van der Waals surface area contributed by atoms with Crippen molar-refractivity contribution in [1.29, 1.82) is 0 Å². The molecule has 0 N–H and O–H groups in total. The Hall–Kier alpha value is -3.33. The van der Waals surface area contributed by atoms with Gasteiger partial charge >= 0.3 is 0 Å². The molecule has 4 rings (SSSR count). The van der Waals surface area contributed by atoms with Gasteiger partial charge in [0.25, 0.3) is 5.69 Å². The Morgan fingerprint density at radius 1 is 1.09 bits per heavy atom. The summed E-state index contributed by atoms with van der Waals surface area (Å²) in [6.07, 6.45) is 3.69. The number of aromatic nitrogens is 2. The molecule has 8 nitrogen and oxygen atoms in total. The van der Waals surface area contributed by atoms with Gasteiger partial charge in [-0.15, -0.1) is 0 Å². The Morgan fingerprint density at radius 2 is 1.81 bits per heavy atom. The summed E-state index contributed by atoms with van der Waals surface area (Å²) in [5.41, 5.74) is 4.43. The van der Waals surface area contributed by atoms with Gasteiger partial charge in [0.15, 0.2) is 5.16 Å². The highest BCUT2D eigenvalue weighted by molar-refractivity contribution is 7.99. The summed E-state index contributed by atoms with van der Waals surface area (Å²) in [6, 6.07) is 12.9. The summed E-state index contributed by atoms with van der Waals surface area (Å²) >= 11 is 1.45. The minimum Gasteiger partial charge on any atom is -0.368 e. The van der Waals surface area contributed by atoms with E-state index in [0.717, 1.165) is 22.1 Å². The number of carbonyl (C=O) groups excluding carboxylic acids is 1. The van der Waals surface area contributed by atoms with Crippen LogP contribution in [-0.4, -0.2) is 57.2 Å². The van der Waals surface area contributed by atoms with Gasteiger partial charge in [-0.2, -0.15) is 0 Å². The van der Waals surface area contributed by atoms with Crippen LogP contribution in [0.25, 0.3) is 5.69 Å². The molecule has 9 heteroatoms. The first-order valence-corrected chi connectivity index (χ1v) is 11.4. The molecule has 2 aromatic carbocycles. The zero-order chi connectivity index (χ0) is 22.7. The number of nitro groups is 1. The molecule has 0 spiro atoms. The number of aryl methyl sites for hydroxylation is 2. The van der Waals surface area contributed by atoms with Gasteiger partial charge in [0.05, 0.1) is 16.4 Å². The summed E-state index contributed by atoms with van der Waals surface area (Å²) in [5, 5.41) is 11.6. The second-order valence-electron chi connectivity index (χ2n) is 7.80. The third-order valence-corrected chi connectivity index (χ3v) is 6.57. The third kappa shape index (κ3) is 4.77. The number of carbonyl (C=O) groups is 1. The molecule has 166 valence electrons. The van der Waals surface area contributed by atoms with Crippen molar-refractivity contribution in [2.45, 2.75) is 19.0 Å². The standard InChI is InChI=1S/C23H25N5O3S/c1-17-3-4-18(2)21(15-17)27-10-9-24-23(27)32-16-22(29)26-13-11-25(12-14-26)19-5-7-20(8-6-19)28(30)31/h3-10,15H,11-14,16H2,1-2H3. The Morgan fingerprint density at radius 3 is 2.50 bits per heavy atom. The second kappa shape index (κ2) is 9.44. The number of non-ortho nitro benzene ring substituents is 1.